The van der Waals surface area contributed by atoms with Crippen LogP contribution in [0.1, 0.15) is 146 Å². The van der Waals surface area contributed by atoms with E-state index in [1.807, 2.05) is 20.8 Å². The lowest BCUT2D eigenvalue weighted by atomic mass is 9.46. The van der Waals surface area contributed by atoms with Crippen LogP contribution in [0.3, 0.4) is 0 Å². The van der Waals surface area contributed by atoms with E-state index in [0.717, 1.165) is 44.9 Å². The number of rotatable bonds is 14. The number of hydrogen-bond acceptors (Lipinski definition) is 23. The zero-order valence-corrected chi connectivity index (χ0v) is 51.3. The predicted octanol–water partition coefficient (Wildman–Crippen LogP) is 3.98. The molecule has 23 heteroatoms. The van der Waals surface area contributed by atoms with Gasteiger partial charge in [0.1, 0.15) is 48.8 Å². The monoisotopic (exact) mass is 1200 g/mol. The summed E-state index contributed by atoms with van der Waals surface area (Å²) in [5.74, 6) is -0.128. The molecule has 6 N–H and O–H groups in total. The molecule has 11 aliphatic rings. The van der Waals surface area contributed by atoms with Gasteiger partial charge >= 0.3 is 0 Å². The van der Waals surface area contributed by atoms with Crippen LogP contribution in [0.15, 0.2) is 11.6 Å². The molecule has 3 saturated carbocycles. The number of methoxy groups -OCH3 is 3. The summed E-state index contributed by atoms with van der Waals surface area (Å²) in [5, 5.41) is 67.7. The van der Waals surface area contributed by atoms with Gasteiger partial charge in [0.15, 0.2) is 38.2 Å². The van der Waals surface area contributed by atoms with Gasteiger partial charge in [0.2, 0.25) is 0 Å². The van der Waals surface area contributed by atoms with Gasteiger partial charge in [0.05, 0.1) is 91.4 Å². The fraction of sp³-hybridized carbons (Fsp3) is 0.967. The lowest BCUT2D eigenvalue weighted by Gasteiger charge is -2.59. The maximum absolute atomic E-state index is 12.8. The van der Waals surface area contributed by atoms with E-state index < -0.39 is 165 Å². The Morgan fingerprint density at radius 3 is 1.83 bits per heavy atom. The summed E-state index contributed by atoms with van der Waals surface area (Å²) in [7, 11) is 4.53. The Bertz CT molecular complexity index is 2210. The lowest BCUT2D eigenvalue weighted by molar-refractivity contribution is -0.447. The minimum absolute atomic E-state index is 0.0376. The molecular formula is C61H100O23. The summed E-state index contributed by atoms with van der Waals surface area (Å²) < 4.78 is 107. The summed E-state index contributed by atoms with van der Waals surface area (Å²) >= 11 is 0. The third-order valence-corrected chi connectivity index (χ3v) is 22.2. The number of fused-ring (bicyclic) bond motifs is 6. The Labute approximate surface area is 495 Å². The molecule has 0 unspecified atom stereocenters. The van der Waals surface area contributed by atoms with Gasteiger partial charge in [-0.3, -0.25) is 0 Å². The molecule has 0 aromatic rings. The minimum Gasteiger partial charge on any atom is -0.393 e. The molecule has 23 nitrogen and oxygen atoms in total. The minimum atomic E-state index is -1.56. The third-order valence-electron chi connectivity index (χ3n) is 22.2. The second-order valence-corrected chi connectivity index (χ2v) is 27.1. The molecule has 7 saturated heterocycles. The highest BCUT2D eigenvalue weighted by molar-refractivity contribution is 5.26. The Balaban J connectivity index is 0.640. The van der Waals surface area contributed by atoms with Crippen LogP contribution in [0.2, 0.25) is 0 Å². The molecular weight excluding hydrogens is 1100 g/mol. The zero-order chi connectivity index (χ0) is 59.9. The average Bonchev–Trinajstić information content (AvgIpc) is 1.48. The van der Waals surface area contributed by atoms with Gasteiger partial charge < -0.3 is 111 Å². The van der Waals surface area contributed by atoms with Crippen LogP contribution >= 0.6 is 0 Å². The quantitative estimate of drug-likeness (QED) is 0.134. The Hall–Kier alpha value is -1.18. The summed E-state index contributed by atoms with van der Waals surface area (Å²) in [4.78, 5) is 0. The molecule has 1 spiro atoms. The van der Waals surface area contributed by atoms with Crippen molar-refractivity contribution in [2.75, 3.05) is 28.1 Å². The molecule has 0 aromatic heterocycles. The predicted molar refractivity (Wildman–Crippen MR) is 293 cm³/mol. The molecule has 0 bridgehead atoms. The molecule has 10 fully saturated rings. The number of ether oxygens (including phenoxy) is 17. The molecule has 84 heavy (non-hydrogen) atoms. The number of aliphatic hydroxyl groups is 6. The maximum Gasteiger partial charge on any atom is 0.288 e. The number of aliphatic hydroxyl groups excluding tert-OH is 5. The van der Waals surface area contributed by atoms with Gasteiger partial charge in [0, 0.05) is 52.4 Å². The first-order valence-corrected chi connectivity index (χ1v) is 31.5. The average molecular weight is 1200 g/mol. The molecule has 7 aliphatic heterocycles. The Morgan fingerprint density at radius 1 is 0.583 bits per heavy atom. The maximum atomic E-state index is 12.8. The van der Waals surface area contributed by atoms with Crippen LogP contribution in [0.4, 0.5) is 0 Å². The van der Waals surface area contributed by atoms with E-state index in [1.165, 1.54) is 19.8 Å². The van der Waals surface area contributed by atoms with E-state index in [-0.39, 0.29) is 49.4 Å². The Morgan fingerprint density at radius 2 is 1.19 bits per heavy atom. The van der Waals surface area contributed by atoms with Gasteiger partial charge in [-0.05, 0) is 123 Å². The summed E-state index contributed by atoms with van der Waals surface area (Å²) in [6.07, 6.45) is -8.64. The van der Waals surface area contributed by atoms with Crippen molar-refractivity contribution in [3.05, 3.63) is 11.6 Å². The second kappa shape index (κ2) is 25.5. The summed E-state index contributed by atoms with van der Waals surface area (Å²) in [6, 6.07) is 0. The molecule has 0 radical (unpaired) electrons. The van der Waals surface area contributed by atoms with Crippen molar-refractivity contribution >= 4 is 0 Å². The van der Waals surface area contributed by atoms with Crippen molar-refractivity contribution in [1.29, 1.82) is 0 Å². The largest absolute Gasteiger partial charge is 0.393 e. The van der Waals surface area contributed by atoms with Crippen molar-refractivity contribution in [1.82, 2.24) is 0 Å². The highest BCUT2D eigenvalue weighted by Gasteiger charge is 2.66. The zero-order valence-electron chi connectivity index (χ0n) is 51.3. The fourth-order valence-electron chi connectivity index (χ4n) is 17.4. The van der Waals surface area contributed by atoms with Gasteiger partial charge in [0.25, 0.3) is 5.97 Å². The number of allylic oxidation sites excluding steroid dienone is 1. The van der Waals surface area contributed by atoms with Gasteiger partial charge in [-0.1, -0.05) is 25.5 Å². The Kier molecular flexibility index (Phi) is 19.5. The van der Waals surface area contributed by atoms with Crippen molar-refractivity contribution in [3.63, 3.8) is 0 Å². The highest BCUT2D eigenvalue weighted by Crippen LogP contribution is 2.68. The topological polar surface area (TPSA) is 278 Å². The van der Waals surface area contributed by atoms with Gasteiger partial charge in [-0.2, -0.15) is 0 Å². The molecule has 11 rings (SSSR count). The number of hydrogen-bond donors (Lipinski definition) is 6. The first kappa shape index (κ1) is 64.4. The van der Waals surface area contributed by atoms with Crippen molar-refractivity contribution < 1.29 is 111 Å². The first-order valence-electron chi connectivity index (χ1n) is 31.5. The standard InChI is InChI=1S/C61H100O23/c1-28-49(65)56(70-12)50(66)57(77-28)82-53-31(4)75-48(24-42(53)68-10)80-52-30(3)73-45(22-40(52)63)79-51-29(2)74-46(23-41(51)64)81-54-33(6)83-61(26-44(54)69-11)72-27-71-43-25-47(76-32(5)55(43)84-61)78-34(7)60(67)20-17-39-37-14-13-35-21-36(62)15-18-58(35,8)38(37)16-19-59(39,60)9/h13,28-34,36-57,62-67H,14-27H2,1-12H3/t28-,29-,30-,31-,32-,33-,34+,36+,37-,38+,39+,40-,41+,42+,43-,44-,45+,46+,47+,48+,49+,50-,51-,52-,53-,54-,55-,56+,57+,58+,59+,60+,61-/m1/s1. The van der Waals surface area contributed by atoms with Crippen LogP contribution in [0, 0.1) is 28.6 Å². The smallest absolute Gasteiger partial charge is 0.288 e. The normalized spacial score (nSPS) is 54.8. The van der Waals surface area contributed by atoms with E-state index in [2.05, 4.69) is 19.9 Å². The summed E-state index contributed by atoms with van der Waals surface area (Å²) in [6.45, 7) is 17.4. The van der Waals surface area contributed by atoms with E-state index in [4.69, 9.17) is 80.5 Å². The molecule has 0 amide bonds. The molecule has 7 heterocycles. The SMILES string of the molecule is CO[C@H]1[C@@H](O)[C@@H](C)O[C@@H](O[C@H]2[C@@H](OC)C[C@H](O[C@H]3[C@H](O)C[C@H](O[C@H]4[C@@H](O)C[C@H](O[C@@H]5[C@@H](C)O[C@@]6(C[C@H]5OC)OCO[C@@H]5C[C@H](O[C@@H](C)[C@@]7(O)CC[C@H]8[C@@H]9CC=C%10C[C@@H](O)CC[C@]%10(C)[C@H]9CC[C@@]87C)O[C@H](C)[C@H]5O6)O[C@@H]4C)O[C@@H]3C)O[C@@H]2C)[C@@H]1O. The third kappa shape index (κ3) is 12.0. The van der Waals surface area contributed by atoms with E-state index in [0.29, 0.717) is 30.6 Å². The van der Waals surface area contributed by atoms with Crippen LogP contribution < -0.4 is 0 Å². The van der Waals surface area contributed by atoms with Crippen LogP contribution in [-0.4, -0.2) is 230 Å². The fourth-order valence-corrected chi connectivity index (χ4v) is 17.4. The van der Waals surface area contributed by atoms with E-state index >= 15 is 0 Å². The highest BCUT2D eigenvalue weighted by atomic mass is 16.9. The van der Waals surface area contributed by atoms with Gasteiger partial charge in [-0.15, -0.1) is 0 Å². The molecule has 4 aliphatic carbocycles. The lowest BCUT2D eigenvalue weighted by Crippen LogP contribution is -2.62. The molecule has 0 aromatic carbocycles. The molecule has 33 atom stereocenters. The van der Waals surface area contributed by atoms with Crippen LogP contribution in [0.5, 0.6) is 0 Å². The van der Waals surface area contributed by atoms with Crippen LogP contribution in [0.25, 0.3) is 0 Å². The van der Waals surface area contributed by atoms with Crippen LogP contribution in [-0.2, 0) is 80.5 Å². The second-order valence-electron chi connectivity index (χ2n) is 27.1. The van der Waals surface area contributed by atoms with E-state index in [9.17, 15) is 30.6 Å². The van der Waals surface area contributed by atoms with Crippen molar-refractivity contribution in [3.8, 4) is 0 Å². The van der Waals surface area contributed by atoms with Crippen molar-refractivity contribution in [2.24, 2.45) is 28.6 Å². The summed E-state index contributed by atoms with van der Waals surface area (Å²) in [5.41, 5.74) is 0.214. The van der Waals surface area contributed by atoms with Crippen molar-refractivity contribution in [2.45, 2.75) is 317 Å². The molecule has 482 valence electrons. The van der Waals surface area contributed by atoms with Gasteiger partial charge in [-0.25, -0.2) is 0 Å². The van der Waals surface area contributed by atoms with E-state index in [1.54, 1.807) is 34.8 Å². The first-order chi connectivity index (χ1) is 39.9.